The monoisotopic (exact) mass is 358 g/mol. The van der Waals surface area contributed by atoms with Gasteiger partial charge in [0.2, 0.25) is 5.91 Å². The number of likely N-dealkylation sites (tertiary alicyclic amines) is 1. The van der Waals surface area contributed by atoms with E-state index in [1.807, 2.05) is 40.7 Å². The van der Waals surface area contributed by atoms with Crippen LogP contribution in [0.1, 0.15) is 53.0 Å². The van der Waals surface area contributed by atoms with Crippen molar-refractivity contribution in [3.8, 4) is 0 Å². The van der Waals surface area contributed by atoms with Gasteiger partial charge in [-0.3, -0.25) is 9.36 Å². The largest absolute Gasteiger partial charge is 0.341 e. The number of amides is 1. The van der Waals surface area contributed by atoms with Crippen molar-refractivity contribution < 1.29 is 4.79 Å². The highest BCUT2D eigenvalue weighted by Gasteiger charge is 2.30. The van der Waals surface area contributed by atoms with Crippen molar-refractivity contribution in [2.75, 3.05) is 13.1 Å². The summed E-state index contributed by atoms with van der Waals surface area (Å²) >= 11 is 0. The first kappa shape index (κ1) is 18.7. The Morgan fingerprint density at radius 3 is 2.62 bits per heavy atom. The molecule has 3 rings (SSSR count). The topological polar surface area (TPSA) is 70.1 Å². The number of imidazole rings is 1. The van der Waals surface area contributed by atoms with E-state index < -0.39 is 0 Å². The average Bonchev–Trinajstić information content (AvgIpc) is 2.96. The third-order valence-electron chi connectivity index (χ3n) is 5.63. The van der Waals surface area contributed by atoms with Gasteiger partial charge < -0.3 is 15.2 Å². The normalized spacial score (nSPS) is 17.6. The number of aromatic amines is 1. The van der Waals surface area contributed by atoms with Crippen molar-refractivity contribution in [3.05, 3.63) is 34.7 Å². The van der Waals surface area contributed by atoms with Crippen LogP contribution in [-0.2, 0) is 4.79 Å². The number of hydrogen-bond donors (Lipinski definition) is 2. The number of fused-ring (bicyclic) bond motifs is 1. The van der Waals surface area contributed by atoms with E-state index in [9.17, 15) is 9.59 Å². The number of nitrogens with zero attached hydrogens (tertiary/aromatic N) is 2. The number of para-hydroxylation sites is 2. The number of piperidine rings is 1. The molecule has 1 saturated heterocycles. The summed E-state index contributed by atoms with van der Waals surface area (Å²) in [5.74, 6) is 0.149. The Balaban J connectivity index is 1.66. The summed E-state index contributed by atoms with van der Waals surface area (Å²) < 4.78 is 1.86. The Kier molecular flexibility index (Phi) is 5.23. The van der Waals surface area contributed by atoms with Crippen LogP contribution in [0, 0.1) is 0 Å². The molecule has 6 heteroatoms. The molecule has 1 fully saturated rings. The highest BCUT2D eigenvalue weighted by molar-refractivity contribution is 5.81. The highest BCUT2D eigenvalue weighted by atomic mass is 16.2. The van der Waals surface area contributed by atoms with E-state index >= 15 is 0 Å². The van der Waals surface area contributed by atoms with Crippen LogP contribution in [0.2, 0.25) is 0 Å². The summed E-state index contributed by atoms with van der Waals surface area (Å²) in [7, 11) is 0. The van der Waals surface area contributed by atoms with Crippen LogP contribution in [0.3, 0.4) is 0 Å². The molecule has 2 aromatic rings. The minimum Gasteiger partial charge on any atom is -0.341 e. The third kappa shape index (κ3) is 3.70. The van der Waals surface area contributed by atoms with E-state index in [1.54, 1.807) is 0 Å². The van der Waals surface area contributed by atoms with Gasteiger partial charge in [-0.2, -0.15) is 0 Å². The Morgan fingerprint density at radius 1 is 1.31 bits per heavy atom. The first-order valence-electron chi connectivity index (χ1n) is 9.58. The number of nitrogens with one attached hydrogen (secondary N) is 2. The molecule has 0 radical (unpaired) electrons. The fourth-order valence-electron chi connectivity index (χ4n) is 3.80. The number of aromatic nitrogens is 2. The van der Waals surface area contributed by atoms with E-state index in [0.717, 1.165) is 30.3 Å². The molecule has 1 unspecified atom stereocenters. The fourth-order valence-corrected chi connectivity index (χ4v) is 3.80. The summed E-state index contributed by atoms with van der Waals surface area (Å²) in [4.78, 5) is 30.0. The van der Waals surface area contributed by atoms with Crippen LogP contribution in [0.5, 0.6) is 0 Å². The molecular weight excluding hydrogens is 328 g/mol. The number of hydrogen-bond acceptors (Lipinski definition) is 3. The second-order valence-corrected chi connectivity index (χ2v) is 7.98. The van der Waals surface area contributed by atoms with Gasteiger partial charge in [0.15, 0.2) is 0 Å². The van der Waals surface area contributed by atoms with Crippen LogP contribution >= 0.6 is 0 Å². The van der Waals surface area contributed by atoms with E-state index in [2.05, 4.69) is 31.1 Å². The second-order valence-electron chi connectivity index (χ2n) is 7.98. The molecule has 1 aromatic heterocycles. The molecule has 2 N–H and O–H groups in total. The molecule has 26 heavy (non-hydrogen) atoms. The summed E-state index contributed by atoms with van der Waals surface area (Å²) in [6.45, 7) is 9.67. The molecule has 0 aliphatic carbocycles. The molecule has 0 bridgehead atoms. The molecule has 0 saturated carbocycles. The molecule has 0 spiro atoms. The summed E-state index contributed by atoms with van der Waals surface area (Å²) in [6, 6.07) is 7.72. The van der Waals surface area contributed by atoms with E-state index in [4.69, 9.17) is 0 Å². The van der Waals surface area contributed by atoms with Crippen LogP contribution in [0.4, 0.5) is 0 Å². The molecule has 1 aliphatic heterocycles. The predicted octanol–water partition coefficient (Wildman–Crippen LogP) is 2.66. The number of carbonyl (C=O) groups is 1. The lowest BCUT2D eigenvalue weighted by molar-refractivity contribution is -0.134. The van der Waals surface area contributed by atoms with Crippen molar-refractivity contribution in [1.29, 1.82) is 0 Å². The molecule has 1 amide bonds. The standard InChI is InChI=1S/C20H30N4O2/c1-5-20(3,4)22-14(2)18(25)23-12-10-15(11-13-23)24-17-9-7-6-8-16(17)21-19(24)26/h6-9,14-15,22H,5,10-13H2,1-4H3,(H,21,26). The molecule has 6 nitrogen and oxygen atoms in total. The van der Waals surface area contributed by atoms with Crippen molar-refractivity contribution in [3.63, 3.8) is 0 Å². The lowest BCUT2D eigenvalue weighted by Gasteiger charge is -2.36. The minimum absolute atomic E-state index is 0.0508. The smallest absolute Gasteiger partial charge is 0.326 e. The third-order valence-corrected chi connectivity index (χ3v) is 5.63. The van der Waals surface area contributed by atoms with E-state index in [-0.39, 0.29) is 29.2 Å². The molecule has 1 aromatic carbocycles. The van der Waals surface area contributed by atoms with Crippen molar-refractivity contribution in [2.45, 2.75) is 64.6 Å². The van der Waals surface area contributed by atoms with Gasteiger partial charge in [0, 0.05) is 24.7 Å². The molecule has 1 atom stereocenters. The van der Waals surface area contributed by atoms with Gasteiger partial charge in [-0.05, 0) is 52.2 Å². The Hall–Kier alpha value is -2.08. The van der Waals surface area contributed by atoms with Gasteiger partial charge in [0.1, 0.15) is 0 Å². The fraction of sp³-hybridized carbons (Fsp3) is 0.600. The van der Waals surface area contributed by atoms with Crippen LogP contribution in [-0.4, -0.2) is 45.0 Å². The Bertz CT molecular complexity index is 828. The van der Waals surface area contributed by atoms with Crippen molar-refractivity contribution >= 4 is 16.9 Å². The SMILES string of the molecule is CCC(C)(C)NC(C)C(=O)N1CCC(n2c(=O)[nH]c3ccccc32)CC1. The minimum atomic E-state index is -0.197. The maximum absolute atomic E-state index is 12.8. The van der Waals surface area contributed by atoms with Crippen LogP contribution < -0.4 is 11.0 Å². The summed E-state index contributed by atoms with van der Waals surface area (Å²) in [5.41, 5.74) is 1.71. The van der Waals surface area contributed by atoms with Gasteiger partial charge in [-0.15, -0.1) is 0 Å². The quantitative estimate of drug-likeness (QED) is 0.863. The average molecular weight is 358 g/mol. The molecular formula is C20H30N4O2. The maximum atomic E-state index is 12.8. The lowest BCUT2D eigenvalue weighted by atomic mass is 9.99. The zero-order chi connectivity index (χ0) is 18.9. The van der Waals surface area contributed by atoms with Crippen molar-refractivity contribution in [2.24, 2.45) is 0 Å². The molecule has 2 heterocycles. The van der Waals surface area contributed by atoms with Gasteiger partial charge >= 0.3 is 5.69 Å². The van der Waals surface area contributed by atoms with Gasteiger partial charge in [-0.1, -0.05) is 19.1 Å². The van der Waals surface area contributed by atoms with Crippen molar-refractivity contribution in [1.82, 2.24) is 19.8 Å². The first-order chi connectivity index (χ1) is 12.3. The Morgan fingerprint density at radius 2 is 1.96 bits per heavy atom. The maximum Gasteiger partial charge on any atom is 0.326 e. The van der Waals surface area contributed by atoms with Gasteiger partial charge in [0.05, 0.1) is 17.1 Å². The van der Waals surface area contributed by atoms with E-state index in [1.165, 1.54) is 0 Å². The zero-order valence-electron chi connectivity index (χ0n) is 16.2. The van der Waals surface area contributed by atoms with Crippen LogP contribution in [0.25, 0.3) is 11.0 Å². The van der Waals surface area contributed by atoms with E-state index in [0.29, 0.717) is 13.1 Å². The van der Waals surface area contributed by atoms with Gasteiger partial charge in [0.25, 0.3) is 0 Å². The molecule has 142 valence electrons. The number of H-pyrrole nitrogens is 1. The highest BCUT2D eigenvalue weighted by Crippen LogP contribution is 2.25. The summed E-state index contributed by atoms with van der Waals surface area (Å²) in [5, 5.41) is 3.42. The lowest BCUT2D eigenvalue weighted by Crippen LogP contribution is -2.53. The zero-order valence-corrected chi connectivity index (χ0v) is 16.2. The predicted molar refractivity (Wildman–Crippen MR) is 104 cm³/mol. The molecule has 1 aliphatic rings. The number of benzene rings is 1. The number of rotatable bonds is 5. The second kappa shape index (κ2) is 7.27. The Labute approximate surface area is 154 Å². The number of carbonyl (C=O) groups excluding carboxylic acids is 1. The van der Waals surface area contributed by atoms with Gasteiger partial charge in [-0.25, -0.2) is 4.79 Å². The van der Waals surface area contributed by atoms with Crippen LogP contribution in [0.15, 0.2) is 29.1 Å². The first-order valence-corrected chi connectivity index (χ1v) is 9.58. The summed E-state index contributed by atoms with van der Waals surface area (Å²) in [6.07, 6.45) is 2.57.